The molecule has 3 heteroatoms. The summed E-state index contributed by atoms with van der Waals surface area (Å²) in [7, 11) is 1.56. The average molecular weight is 248 g/mol. The third-order valence-electron chi connectivity index (χ3n) is 2.81. The molecule has 0 saturated heterocycles. The number of ether oxygens (including phenoxy) is 1. The van der Waals surface area contributed by atoms with Gasteiger partial charge in [0.1, 0.15) is 11.5 Å². The van der Waals surface area contributed by atoms with Crippen LogP contribution in [0.25, 0.3) is 0 Å². The Morgan fingerprint density at radius 3 is 2.67 bits per heavy atom. The van der Waals surface area contributed by atoms with E-state index in [4.69, 9.17) is 4.74 Å². The minimum absolute atomic E-state index is 0.00309. The van der Waals surface area contributed by atoms with E-state index in [1.807, 2.05) is 0 Å². The van der Waals surface area contributed by atoms with E-state index >= 15 is 0 Å². The van der Waals surface area contributed by atoms with Crippen LogP contribution in [0.1, 0.15) is 49.4 Å². The Morgan fingerprint density at radius 2 is 2.00 bits per heavy atom. The van der Waals surface area contributed by atoms with E-state index in [1.165, 1.54) is 0 Å². The van der Waals surface area contributed by atoms with Crippen molar-refractivity contribution in [3.63, 3.8) is 0 Å². The maximum atomic E-state index is 11.9. The molecule has 0 aliphatic heterocycles. The average Bonchev–Trinajstić information content (AvgIpc) is 2.39. The maximum absolute atomic E-state index is 11.9. The summed E-state index contributed by atoms with van der Waals surface area (Å²) in [6, 6.07) is 6.92. The number of methoxy groups -OCH3 is 1. The first kappa shape index (κ1) is 14.4. The zero-order valence-electron chi connectivity index (χ0n) is 11.1. The fourth-order valence-corrected chi connectivity index (χ4v) is 1.74. The maximum Gasteiger partial charge on any atom is 0.170 e. The highest BCUT2D eigenvalue weighted by Gasteiger charge is 2.12. The molecule has 1 aromatic rings. The first-order valence-corrected chi connectivity index (χ1v) is 6.36. The van der Waals surface area contributed by atoms with Crippen molar-refractivity contribution in [3.8, 4) is 5.75 Å². The second kappa shape index (κ2) is 7.64. The molecule has 0 bridgehead atoms. The Morgan fingerprint density at radius 1 is 1.22 bits per heavy atom. The molecule has 3 nitrogen and oxygen atoms in total. The molecule has 0 aliphatic rings. The van der Waals surface area contributed by atoms with Crippen molar-refractivity contribution in [1.29, 1.82) is 0 Å². The number of rotatable bonds is 8. The Labute approximate surface area is 108 Å². The lowest BCUT2D eigenvalue weighted by atomic mass is 10.0. The molecule has 0 spiro atoms. The molecular formula is C15H20O3. The third kappa shape index (κ3) is 4.70. The fourth-order valence-electron chi connectivity index (χ4n) is 1.74. The van der Waals surface area contributed by atoms with Crippen LogP contribution in [-0.2, 0) is 4.79 Å². The van der Waals surface area contributed by atoms with Crippen molar-refractivity contribution in [2.75, 3.05) is 7.11 Å². The van der Waals surface area contributed by atoms with Crippen LogP contribution in [0.2, 0.25) is 0 Å². The van der Waals surface area contributed by atoms with Crippen LogP contribution < -0.4 is 4.74 Å². The molecule has 0 amide bonds. The van der Waals surface area contributed by atoms with E-state index in [0.29, 0.717) is 17.7 Å². The number of hydrogen-bond acceptors (Lipinski definition) is 3. The quantitative estimate of drug-likeness (QED) is 0.402. The van der Waals surface area contributed by atoms with Crippen LogP contribution in [0.5, 0.6) is 5.75 Å². The van der Waals surface area contributed by atoms with Gasteiger partial charge in [-0.1, -0.05) is 31.9 Å². The van der Waals surface area contributed by atoms with Gasteiger partial charge in [-0.05, 0) is 18.6 Å². The zero-order chi connectivity index (χ0) is 13.4. The number of Topliss-reactive ketones (excluding diaryl/α,β-unsaturated/α-hetero) is 2. The Bertz CT molecular complexity index is 410. The Kier molecular flexibility index (Phi) is 6.12. The molecule has 0 atom stereocenters. The van der Waals surface area contributed by atoms with E-state index in [-0.39, 0.29) is 18.0 Å². The Hall–Kier alpha value is -1.64. The predicted octanol–water partition coefficient (Wildman–Crippen LogP) is 3.42. The molecule has 0 heterocycles. The number of benzene rings is 1. The summed E-state index contributed by atoms with van der Waals surface area (Å²) in [5.41, 5.74) is 0.540. The van der Waals surface area contributed by atoms with Crippen LogP contribution in [-0.4, -0.2) is 18.7 Å². The van der Waals surface area contributed by atoms with Crippen molar-refractivity contribution in [1.82, 2.24) is 0 Å². The van der Waals surface area contributed by atoms with Crippen LogP contribution in [0, 0.1) is 0 Å². The molecule has 0 fully saturated rings. The van der Waals surface area contributed by atoms with Gasteiger partial charge in [-0.2, -0.15) is 0 Å². The number of unbranched alkanes of at least 4 members (excludes halogenated alkanes) is 2. The number of hydrogen-bond donors (Lipinski definition) is 0. The van der Waals surface area contributed by atoms with E-state index in [9.17, 15) is 9.59 Å². The molecule has 1 aromatic carbocycles. The monoisotopic (exact) mass is 248 g/mol. The highest BCUT2D eigenvalue weighted by Crippen LogP contribution is 2.14. The highest BCUT2D eigenvalue weighted by molar-refractivity contribution is 6.08. The topological polar surface area (TPSA) is 43.4 Å². The van der Waals surface area contributed by atoms with E-state index < -0.39 is 0 Å². The van der Waals surface area contributed by atoms with Gasteiger partial charge in [-0.3, -0.25) is 9.59 Å². The van der Waals surface area contributed by atoms with Crippen LogP contribution >= 0.6 is 0 Å². The normalized spacial score (nSPS) is 10.1. The predicted molar refractivity (Wildman–Crippen MR) is 71.1 cm³/mol. The van der Waals surface area contributed by atoms with Gasteiger partial charge in [-0.15, -0.1) is 0 Å². The molecule has 0 radical (unpaired) electrons. The lowest BCUT2D eigenvalue weighted by Gasteiger charge is -2.03. The number of carbonyl (C=O) groups excluding carboxylic acids is 2. The largest absolute Gasteiger partial charge is 0.497 e. The summed E-state index contributed by atoms with van der Waals surface area (Å²) in [5.74, 6) is 0.533. The second-order valence-corrected chi connectivity index (χ2v) is 4.33. The van der Waals surface area contributed by atoms with E-state index in [0.717, 1.165) is 19.3 Å². The molecule has 18 heavy (non-hydrogen) atoms. The first-order valence-electron chi connectivity index (χ1n) is 6.36. The minimum atomic E-state index is -0.129. The van der Waals surface area contributed by atoms with E-state index in [1.54, 1.807) is 31.4 Å². The standard InChI is InChI=1S/C15H20O3/c1-3-4-5-8-13(16)11-15(17)12-7-6-9-14(10-12)18-2/h6-7,9-10H,3-5,8,11H2,1-2H3. The molecule has 0 aliphatic carbocycles. The van der Waals surface area contributed by atoms with Gasteiger partial charge in [-0.25, -0.2) is 0 Å². The number of ketones is 2. The summed E-state index contributed by atoms with van der Waals surface area (Å²) in [6.07, 6.45) is 3.50. The lowest BCUT2D eigenvalue weighted by molar-refractivity contribution is -0.118. The van der Waals surface area contributed by atoms with Gasteiger partial charge in [0.2, 0.25) is 0 Å². The summed E-state index contributed by atoms with van der Waals surface area (Å²) in [4.78, 5) is 23.5. The summed E-state index contributed by atoms with van der Waals surface area (Å²) >= 11 is 0. The third-order valence-corrected chi connectivity index (χ3v) is 2.81. The zero-order valence-corrected chi connectivity index (χ0v) is 11.1. The van der Waals surface area contributed by atoms with Crippen molar-refractivity contribution in [3.05, 3.63) is 29.8 Å². The van der Waals surface area contributed by atoms with Gasteiger partial charge >= 0.3 is 0 Å². The lowest BCUT2D eigenvalue weighted by Crippen LogP contribution is -2.08. The smallest absolute Gasteiger partial charge is 0.170 e. The molecule has 0 saturated carbocycles. The number of carbonyl (C=O) groups is 2. The Balaban J connectivity index is 2.51. The fraction of sp³-hybridized carbons (Fsp3) is 0.467. The second-order valence-electron chi connectivity index (χ2n) is 4.33. The molecule has 1 rings (SSSR count). The van der Waals surface area contributed by atoms with Crippen LogP contribution in [0.4, 0.5) is 0 Å². The minimum Gasteiger partial charge on any atom is -0.497 e. The van der Waals surface area contributed by atoms with Crippen molar-refractivity contribution in [2.24, 2.45) is 0 Å². The summed E-state index contributed by atoms with van der Waals surface area (Å²) in [6.45, 7) is 2.09. The molecule has 0 aromatic heterocycles. The van der Waals surface area contributed by atoms with Crippen molar-refractivity contribution < 1.29 is 14.3 Å². The van der Waals surface area contributed by atoms with E-state index in [2.05, 4.69) is 6.92 Å². The van der Waals surface area contributed by atoms with Gasteiger partial charge in [0.15, 0.2) is 5.78 Å². The van der Waals surface area contributed by atoms with Gasteiger partial charge < -0.3 is 4.74 Å². The first-order chi connectivity index (χ1) is 8.67. The van der Waals surface area contributed by atoms with Crippen LogP contribution in [0.15, 0.2) is 24.3 Å². The van der Waals surface area contributed by atoms with Gasteiger partial charge in [0, 0.05) is 12.0 Å². The highest BCUT2D eigenvalue weighted by atomic mass is 16.5. The molecular weight excluding hydrogens is 228 g/mol. The molecule has 0 unspecified atom stereocenters. The summed E-state index contributed by atoms with van der Waals surface area (Å²) < 4.78 is 5.05. The molecule has 98 valence electrons. The van der Waals surface area contributed by atoms with Gasteiger partial charge in [0.05, 0.1) is 13.5 Å². The summed E-state index contributed by atoms with van der Waals surface area (Å²) in [5, 5.41) is 0. The SMILES string of the molecule is CCCCCC(=O)CC(=O)c1cccc(OC)c1. The van der Waals surface area contributed by atoms with Crippen LogP contribution in [0.3, 0.4) is 0 Å². The molecule has 0 N–H and O–H groups in total. The van der Waals surface area contributed by atoms with Crippen molar-refractivity contribution >= 4 is 11.6 Å². The van der Waals surface area contributed by atoms with Gasteiger partial charge in [0.25, 0.3) is 0 Å². The van der Waals surface area contributed by atoms with Crippen molar-refractivity contribution in [2.45, 2.75) is 39.0 Å².